The molecule has 0 atom stereocenters. The summed E-state index contributed by atoms with van der Waals surface area (Å²) in [7, 11) is 0. The van der Waals surface area contributed by atoms with Gasteiger partial charge in [-0.15, -0.1) is 0 Å². The third-order valence-corrected chi connectivity index (χ3v) is 3.30. The molecule has 2 nitrogen and oxygen atoms in total. The summed E-state index contributed by atoms with van der Waals surface area (Å²) in [5, 5.41) is 9.56. The van der Waals surface area contributed by atoms with Crippen molar-refractivity contribution in [2.75, 3.05) is 0 Å². The number of aliphatic hydroxyl groups is 1. The molecule has 0 aromatic carbocycles. The van der Waals surface area contributed by atoms with E-state index < -0.39 is 0 Å². The molecule has 0 spiro atoms. The second kappa shape index (κ2) is 5.09. The normalized spacial score (nSPS) is 22.1. The van der Waals surface area contributed by atoms with Gasteiger partial charge in [0, 0.05) is 18.4 Å². The Labute approximate surface area is 106 Å². The lowest BCUT2D eigenvalue weighted by Gasteiger charge is -2.32. The molecule has 0 bridgehead atoms. The van der Waals surface area contributed by atoms with Crippen molar-refractivity contribution in [1.82, 2.24) is 0 Å². The molecule has 0 saturated carbocycles. The smallest absolute Gasteiger partial charge is 0.121 e. The van der Waals surface area contributed by atoms with Gasteiger partial charge in [-0.2, -0.15) is 0 Å². The minimum atomic E-state index is -0.223. The van der Waals surface area contributed by atoms with Crippen molar-refractivity contribution in [2.45, 2.75) is 46.1 Å². The van der Waals surface area contributed by atoms with Gasteiger partial charge in [-0.3, -0.25) is 0 Å². The van der Waals surface area contributed by atoms with Crippen LogP contribution in [-0.2, 0) is 4.74 Å². The van der Waals surface area contributed by atoms with Crippen LogP contribution in [0.25, 0.3) is 0 Å². The first-order valence-corrected chi connectivity index (χ1v) is 6.48. The molecule has 0 saturated heterocycles. The molecule has 0 fully saturated rings. The predicted molar refractivity (Wildman–Crippen MR) is 70.5 cm³/mol. The molecule has 1 aliphatic carbocycles. The Morgan fingerprint density at radius 3 is 2.56 bits per heavy atom. The number of rotatable bonds is 0. The monoisotopic (exact) mass is 286 g/mol. The van der Waals surface area contributed by atoms with Crippen LogP contribution in [0.5, 0.6) is 0 Å². The number of halogens is 1. The lowest BCUT2D eigenvalue weighted by Crippen LogP contribution is -2.25. The van der Waals surface area contributed by atoms with Gasteiger partial charge in [-0.1, -0.05) is 19.9 Å². The average Bonchev–Trinajstić information content (AvgIpc) is 2.25. The highest BCUT2D eigenvalue weighted by atomic mass is 79.9. The maximum absolute atomic E-state index is 9.56. The average molecular weight is 287 g/mol. The maximum atomic E-state index is 9.56. The van der Waals surface area contributed by atoms with E-state index in [2.05, 4.69) is 15.9 Å². The molecule has 90 valence electrons. The second-order valence-corrected chi connectivity index (χ2v) is 4.93. The molecular formula is C13H19BrO2. The van der Waals surface area contributed by atoms with E-state index in [4.69, 9.17) is 4.74 Å². The molecule has 0 radical (unpaired) electrons. The van der Waals surface area contributed by atoms with Crippen LogP contribution in [0, 0.1) is 0 Å². The molecule has 2 aliphatic rings. The Hall–Kier alpha value is -0.700. The van der Waals surface area contributed by atoms with E-state index in [1.807, 2.05) is 39.8 Å². The molecule has 1 aliphatic heterocycles. The topological polar surface area (TPSA) is 29.5 Å². The van der Waals surface area contributed by atoms with E-state index in [-0.39, 0.29) is 5.60 Å². The first-order valence-electron chi connectivity index (χ1n) is 5.69. The summed E-state index contributed by atoms with van der Waals surface area (Å²) in [6, 6.07) is 0. The van der Waals surface area contributed by atoms with Crippen LogP contribution < -0.4 is 0 Å². The Balaban J connectivity index is 0.000000606. The molecule has 1 heterocycles. The van der Waals surface area contributed by atoms with Crippen molar-refractivity contribution in [3.63, 3.8) is 0 Å². The lowest BCUT2D eigenvalue weighted by molar-refractivity contribution is 0.0650. The Kier molecular flexibility index (Phi) is 4.25. The van der Waals surface area contributed by atoms with E-state index in [1.165, 1.54) is 0 Å². The summed E-state index contributed by atoms with van der Waals surface area (Å²) in [4.78, 5) is 0. The van der Waals surface area contributed by atoms with Crippen molar-refractivity contribution in [3.8, 4) is 0 Å². The van der Waals surface area contributed by atoms with Crippen LogP contribution in [0.4, 0.5) is 0 Å². The highest BCUT2D eigenvalue weighted by Crippen LogP contribution is 2.39. The summed E-state index contributed by atoms with van der Waals surface area (Å²) in [6.45, 7) is 8.05. The van der Waals surface area contributed by atoms with Crippen LogP contribution in [0.15, 0.2) is 33.7 Å². The van der Waals surface area contributed by atoms with Crippen LogP contribution in [0.3, 0.4) is 0 Å². The van der Waals surface area contributed by atoms with Crippen LogP contribution in [0.1, 0.15) is 40.5 Å². The van der Waals surface area contributed by atoms with E-state index in [0.29, 0.717) is 12.2 Å². The second-order valence-electron chi connectivity index (χ2n) is 4.14. The van der Waals surface area contributed by atoms with Gasteiger partial charge in [-0.05, 0) is 35.9 Å². The minimum absolute atomic E-state index is 0.223. The zero-order valence-corrected chi connectivity index (χ0v) is 11.9. The number of aliphatic hydroxyl groups excluding tert-OH is 1. The largest absolute Gasteiger partial charge is 0.511 e. The first kappa shape index (κ1) is 13.4. The van der Waals surface area contributed by atoms with Crippen LogP contribution in [0.2, 0.25) is 0 Å². The summed E-state index contributed by atoms with van der Waals surface area (Å²) >= 11 is 3.37. The molecule has 0 aromatic rings. The van der Waals surface area contributed by atoms with Gasteiger partial charge in [0.1, 0.15) is 17.1 Å². The molecule has 0 unspecified atom stereocenters. The van der Waals surface area contributed by atoms with Gasteiger partial charge in [-0.25, -0.2) is 0 Å². The quantitative estimate of drug-likeness (QED) is 0.706. The maximum Gasteiger partial charge on any atom is 0.121 e. The van der Waals surface area contributed by atoms with E-state index in [0.717, 1.165) is 22.2 Å². The van der Waals surface area contributed by atoms with Crippen LogP contribution in [-0.4, -0.2) is 10.7 Å². The van der Waals surface area contributed by atoms with Gasteiger partial charge in [0.05, 0.1) is 4.48 Å². The minimum Gasteiger partial charge on any atom is -0.511 e. The van der Waals surface area contributed by atoms with Gasteiger partial charge < -0.3 is 9.84 Å². The fourth-order valence-electron chi connectivity index (χ4n) is 1.66. The number of ether oxygens (including phenoxy) is 1. The molecule has 1 N–H and O–H groups in total. The SMILES string of the molecule is CC.CC1(C)C=CC2=C(CCC(O)=C2Br)O1. The molecule has 2 rings (SSSR count). The fraction of sp³-hybridized carbons (Fsp3) is 0.538. The standard InChI is InChI=1S/C11H13BrO2.C2H6/c1-11(2)6-5-7-9(14-11)4-3-8(13)10(7)12;1-2/h5-6,13H,3-4H2,1-2H3;1-2H3. The highest BCUT2D eigenvalue weighted by Gasteiger charge is 2.28. The number of allylic oxidation sites excluding steroid dienone is 5. The van der Waals surface area contributed by atoms with Crippen LogP contribution >= 0.6 is 15.9 Å². The Morgan fingerprint density at radius 1 is 1.31 bits per heavy atom. The number of hydrogen-bond donors (Lipinski definition) is 1. The van der Waals surface area contributed by atoms with Gasteiger partial charge in [0.15, 0.2) is 0 Å². The highest BCUT2D eigenvalue weighted by molar-refractivity contribution is 9.12. The van der Waals surface area contributed by atoms with Crippen molar-refractivity contribution in [2.24, 2.45) is 0 Å². The molecule has 16 heavy (non-hydrogen) atoms. The first-order chi connectivity index (χ1) is 7.49. The van der Waals surface area contributed by atoms with Gasteiger partial charge in [0.25, 0.3) is 0 Å². The summed E-state index contributed by atoms with van der Waals surface area (Å²) < 4.78 is 6.58. The molecular weight excluding hydrogens is 268 g/mol. The summed E-state index contributed by atoms with van der Waals surface area (Å²) in [5.41, 5.74) is 0.757. The zero-order chi connectivity index (χ0) is 12.3. The summed E-state index contributed by atoms with van der Waals surface area (Å²) in [5.74, 6) is 1.39. The van der Waals surface area contributed by atoms with Crippen molar-refractivity contribution in [3.05, 3.63) is 33.7 Å². The predicted octanol–water partition coefficient (Wildman–Crippen LogP) is 4.59. The lowest BCUT2D eigenvalue weighted by atomic mass is 9.96. The Bertz CT molecular complexity index is 362. The van der Waals surface area contributed by atoms with E-state index in [1.54, 1.807) is 0 Å². The van der Waals surface area contributed by atoms with Crippen molar-refractivity contribution >= 4 is 15.9 Å². The van der Waals surface area contributed by atoms with Crippen molar-refractivity contribution < 1.29 is 9.84 Å². The van der Waals surface area contributed by atoms with Crippen molar-refractivity contribution in [1.29, 1.82) is 0 Å². The molecule has 3 heteroatoms. The van der Waals surface area contributed by atoms with Gasteiger partial charge >= 0.3 is 0 Å². The summed E-state index contributed by atoms with van der Waals surface area (Å²) in [6.07, 6.45) is 5.46. The van der Waals surface area contributed by atoms with E-state index >= 15 is 0 Å². The third kappa shape index (κ3) is 2.70. The molecule has 0 amide bonds. The number of hydrogen-bond acceptors (Lipinski definition) is 2. The van der Waals surface area contributed by atoms with Gasteiger partial charge in [0.2, 0.25) is 0 Å². The Morgan fingerprint density at radius 2 is 1.94 bits per heavy atom. The molecule has 0 aromatic heterocycles. The zero-order valence-electron chi connectivity index (χ0n) is 10.3. The third-order valence-electron chi connectivity index (χ3n) is 2.42. The van der Waals surface area contributed by atoms with E-state index in [9.17, 15) is 5.11 Å². The fourth-order valence-corrected chi connectivity index (χ4v) is 2.21.